The van der Waals surface area contributed by atoms with Crippen molar-refractivity contribution in [2.24, 2.45) is 11.7 Å². The zero-order valence-corrected chi connectivity index (χ0v) is 11.2. The number of oxazole rings is 1. The molecule has 0 spiro atoms. The Morgan fingerprint density at radius 2 is 2.30 bits per heavy atom. The number of halogens is 1. The molecule has 1 aliphatic heterocycles. The van der Waals surface area contributed by atoms with Gasteiger partial charge in [0, 0.05) is 18.7 Å². The number of aromatic nitrogens is 1. The van der Waals surface area contributed by atoms with Gasteiger partial charge in [0.05, 0.1) is 5.92 Å². The van der Waals surface area contributed by atoms with Crippen LogP contribution in [0.25, 0.3) is 11.1 Å². The van der Waals surface area contributed by atoms with Crippen molar-refractivity contribution in [1.82, 2.24) is 4.98 Å². The van der Waals surface area contributed by atoms with Crippen molar-refractivity contribution >= 4 is 23.0 Å². The second kappa shape index (κ2) is 4.77. The van der Waals surface area contributed by atoms with Gasteiger partial charge in [-0.3, -0.25) is 4.79 Å². The number of fused-ring (bicyclic) bond motifs is 1. The molecule has 2 atom stereocenters. The molecule has 1 saturated heterocycles. The molecule has 1 aliphatic rings. The van der Waals surface area contributed by atoms with Gasteiger partial charge in [0.1, 0.15) is 11.3 Å². The Morgan fingerprint density at radius 1 is 1.50 bits per heavy atom. The molecule has 1 amide bonds. The second-order valence-electron chi connectivity index (χ2n) is 5.29. The van der Waals surface area contributed by atoms with Crippen molar-refractivity contribution in [2.75, 3.05) is 11.4 Å². The average Bonchev–Trinajstić information content (AvgIpc) is 2.81. The van der Waals surface area contributed by atoms with Crippen LogP contribution >= 0.6 is 0 Å². The monoisotopic (exact) mass is 277 g/mol. The first-order valence-corrected chi connectivity index (χ1v) is 6.66. The molecule has 1 aromatic carbocycles. The summed E-state index contributed by atoms with van der Waals surface area (Å²) in [6.45, 7) is 2.54. The normalized spacial score (nSPS) is 23.2. The van der Waals surface area contributed by atoms with Gasteiger partial charge in [0.25, 0.3) is 6.01 Å². The number of hydrogen-bond donors (Lipinski definition) is 1. The molecule has 0 saturated carbocycles. The summed E-state index contributed by atoms with van der Waals surface area (Å²) in [7, 11) is 0. The minimum absolute atomic E-state index is 0.196. The second-order valence-corrected chi connectivity index (χ2v) is 5.29. The Bertz CT molecular complexity index is 655. The van der Waals surface area contributed by atoms with Crippen molar-refractivity contribution in [2.45, 2.75) is 25.8 Å². The predicted octanol–water partition coefficient (Wildman–Crippen LogP) is 2.06. The van der Waals surface area contributed by atoms with Crippen LogP contribution in [0.15, 0.2) is 22.6 Å². The molecule has 3 rings (SSSR count). The lowest BCUT2D eigenvalue weighted by Gasteiger charge is -2.35. The minimum atomic E-state index is -0.348. The summed E-state index contributed by atoms with van der Waals surface area (Å²) >= 11 is 0. The molecule has 1 aromatic heterocycles. The molecule has 2 heterocycles. The number of piperidine rings is 1. The van der Waals surface area contributed by atoms with Gasteiger partial charge in [-0.1, -0.05) is 0 Å². The first-order chi connectivity index (χ1) is 9.54. The maximum Gasteiger partial charge on any atom is 0.298 e. The largest absolute Gasteiger partial charge is 0.423 e. The van der Waals surface area contributed by atoms with Gasteiger partial charge in [-0.25, -0.2) is 4.39 Å². The molecule has 2 unspecified atom stereocenters. The van der Waals surface area contributed by atoms with Gasteiger partial charge in [0.2, 0.25) is 5.91 Å². The van der Waals surface area contributed by atoms with Crippen LogP contribution < -0.4 is 10.6 Å². The number of nitrogens with zero attached hydrogens (tertiary/aromatic N) is 2. The summed E-state index contributed by atoms with van der Waals surface area (Å²) in [5, 5.41) is 0. The molecule has 0 bridgehead atoms. The number of amides is 1. The van der Waals surface area contributed by atoms with Crippen LogP contribution in [-0.2, 0) is 4.79 Å². The first-order valence-electron chi connectivity index (χ1n) is 6.66. The van der Waals surface area contributed by atoms with Crippen LogP contribution in [0.5, 0.6) is 0 Å². The average molecular weight is 277 g/mol. The highest BCUT2D eigenvalue weighted by Gasteiger charge is 2.31. The van der Waals surface area contributed by atoms with Crippen LogP contribution in [0.1, 0.15) is 19.8 Å². The zero-order valence-electron chi connectivity index (χ0n) is 11.2. The Balaban J connectivity index is 1.93. The lowest BCUT2D eigenvalue weighted by atomic mass is 9.93. The summed E-state index contributed by atoms with van der Waals surface area (Å²) in [6, 6.07) is 4.86. The molecule has 0 aliphatic carbocycles. The SMILES string of the molecule is CC1CCC(C(N)=O)CN1c1nc2cc(F)ccc2o1. The molecular weight excluding hydrogens is 261 g/mol. The van der Waals surface area contributed by atoms with Crippen LogP contribution in [0.4, 0.5) is 10.4 Å². The van der Waals surface area contributed by atoms with E-state index < -0.39 is 0 Å². The van der Waals surface area contributed by atoms with Crippen LogP contribution in [0, 0.1) is 11.7 Å². The third kappa shape index (κ3) is 2.21. The fourth-order valence-corrected chi connectivity index (χ4v) is 2.62. The standard InChI is InChI=1S/C14H16FN3O2/c1-8-2-3-9(13(16)19)7-18(8)14-17-11-6-10(15)4-5-12(11)20-14/h4-6,8-9H,2-3,7H2,1H3,(H2,16,19). The first kappa shape index (κ1) is 12.9. The Morgan fingerprint density at radius 3 is 3.05 bits per heavy atom. The maximum atomic E-state index is 13.2. The van der Waals surface area contributed by atoms with Crippen molar-refractivity contribution < 1.29 is 13.6 Å². The molecular formula is C14H16FN3O2. The number of carbonyl (C=O) groups is 1. The van der Waals surface area contributed by atoms with Crippen molar-refractivity contribution in [1.29, 1.82) is 0 Å². The van der Waals surface area contributed by atoms with Gasteiger partial charge in [-0.05, 0) is 31.9 Å². The highest BCUT2D eigenvalue weighted by atomic mass is 19.1. The number of carbonyl (C=O) groups excluding carboxylic acids is 1. The summed E-state index contributed by atoms with van der Waals surface area (Å²) in [6.07, 6.45) is 1.63. The van der Waals surface area contributed by atoms with E-state index in [4.69, 9.17) is 10.2 Å². The number of benzene rings is 1. The fraction of sp³-hybridized carbons (Fsp3) is 0.429. The van der Waals surface area contributed by atoms with E-state index in [0.717, 1.165) is 12.8 Å². The van der Waals surface area contributed by atoms with Crippen LogP contribution in [0.2, 0.25) is 0 Å². The van der Waals surface area contributed by atoms with Crippen LogP contribution in [0.3, 0.4) is 0 Å². The Labute approximate surface area is 115 Å². The maximum absolute atomic E-state index is 13.2. The minimum Gasteiger partial charge on any atom is -0.423 e. The van der Waals surface area contributed by atoms with Crippen LogP contribution in [-0.4, -0.2) is 23.5 Å². The topological polar surface area (TPSA) is 72.4 Å². The third-order valence-electron chi connectivity index (χ3n) is 3.87. The van der Waals surface area contributed by atoms with E-state index in [9.17, 15) is 9.18 Å². The van der Waals surface area contributed by atoms with E-state index >= 15 is 0 Å². The number of rotatable bonds is 2. The van der Waals surface area contributed by atoms with Crippen molar-refractivity contribution in [3.05, 3.63) is 24.0 Å². The fourth-order valence-electron chi connectivity index (χ4n) is 2.62. The van der Waals surface area contributed by atoms with Gasteiger partial charge in [0.15, 0.2) is 5.58 Å². The summed E-state index contributed by atoms with van der Waals surface area (Å²) < 4.78 is 18.8. The Hall–Kier alpha value is -2.11. The molecule has 2 aromatic rings. The predicted molar refractivity (Wildman–Crippen MR) is 72.7 cm³/mol. The highest BCUT2D eigenvalue weighted by Crippen LogP contribution is 2.29. The molecule has 6 heteroatoms. The zero-order chi connectivity index (χ0) is 14.3. The smallest absolute Gasteiger partial charge is 0.298 e. The highest BCUT2D eigenvalue weighted by molar-refractivity contribution is 5.78. The summed E-state index contributed by atoms with van der Waals surface area (Å²) in [5.41, 5.74) is 6.40. The number of anilines is 1. The summed E-state index contributed by atoms with van der Waals surface area (Å²) in [4.78, 5) is 17.6. The van der Waals surface area contributed by atoms with E-state index in [1.807, 2.05) is 11.8 Å². The van der Waals surface area contributed by atoms with E-state index in [1.54, 1.807) is 6.07 Å². The molecule has 1 fully saturated rings. The molecule has 106 valence electrons. The lowest BCUT2D eigenvalue weighted by Crippen LogP contribution is -2.46. The van der Waals surface area contributed by atoms with Gasteiger partial charge >= 0.3 is 0 Å². The van der Waals surface area contributed by atoms with Crippen molar-refractivity contribution in [3.63, 3.8) is 0 Å². The molecule has 20 heavy (non-hydrogen) atoms. The van der Waals surface area contributed by atoms with Crippen molar-refractivity contribution in [3.8, 4) is 0 Å². The molecule has 0 radical (unpaired) electrons. The van der Waals surface area contributed by atoms with Gasteiger partial charge in [-0.15, -0.1) is 0 Å². The van der Waals surface area contributed by atoms with E-state index in [1.165, 1.54) is 12.1 Å². The molecule has 2 N–H and O–H groups in total. The number of primary amides is 1. The Kier molecular flexibility index (Phi) is 3.08. The lowest BCUT2D eigenvalue weighted by molar-refractivity contribution is -0.122. The third-order valence-corrected chi connectivity index (χ3v) is 3.87. The number of hydrogen-bond acceptors (Lipinski definition) is 4. The number of nitrogens with two attached hydrogens (primary N) is 1. The van der Waals surface area contributed by atoms with E-state index in [0.29, 0.717) is 23.7 Å². The van der Waals surface area contributed by atoms with E-state index in [2.05, 4.69) is 4.98 Å². The van der Waals surface area contributed by atoms with Gasteiger partial charge in [-0.2, -0.15) is 4.98 Å². The van der Waals surface area contributed by atoms with Gasteiger partial charge < -0.3 is 15.1 Å². The molecule has 5 nitrogen and oxygen atoms in total. The van der Waals surface area contributed by atoms with E-state index in [-0.39, 0.29) is 23.7 Å². The summed E-state index contributed by atoms with van der Waals surface area (Å²) in [5.74, 6) is -0.846. The quantitative estimate of drug-likeness (QED) is 0.912.